The summed E-state index contributed by atoms with van der Waals surface area (Å²) in [6, 6.07) is 2.60. The second-order valence-corrected chi connectivity index (χ2v) is 9.37. The van der Waals surface area contributed by atoms with E-state index in [1.54, 1.807) is 5.32 Å². The van der Waals surface area contributed by atoms with E-state index in [1.807, 2.05) is 0 Å². The number of ether oxygens (including phenoxy) is 1. The molecule has 1 aliphatic rings. The van der Waals surface area contributed by atoms with Crippen molar-refractivity contribution < 1.29 is 71.0 Å². The first-order chi connectivity index (χ1) is 19.5. The van der Waals surface area contributed by atoms with Gasteiger partial charge in [0.05, 0.1) is 16.8 Å². The lowest BCUT2D eigenvalue weighted by Crippen LogP contribution is -2.46. The average Bonchev–Trinajstić information content (AvgIpc) is 3.24. The fourth-order valence-corrected chi connectivity index (χ4v) is 4.39. The number of benzene rings is 3. The van der Waals surface area contributed by atoms with Crippen LogP contribution in [0.5, 0.6) is 5.75 Å². The molecule has 0 radical (unpaired) electrons. The van der Waals surface area contributed by atoms with Crippen LogP contribution in [0.15, 0.2) is 48.5 Å². The van der Waals surface area contributed by atoms with Crippen LogP contribution in [0, 0.1) is 11.6 Å². The minimum atomic E-state index is -5.60. The fraction of sp³-hybridized carbons (Fsp3) is 0.269. The van der Waals surface area contributed by atoms with Gasteiger partial charge in [0, 0.05) is 23.6 Å². The number of anilines is 1. The number of nitrogens with one attached hydrogen (secondary N) is 1. The zero-order valence-corrected chi connectivity index (χ0v) is 20.6. The minimum absolute atomic E-state index is 0.134. The number of alkyl halides is 12. The second-order valence-electron chi connectivity index (χ2n) is 9.37. The number of carbonyl (C=O) groups excluding carboxylic acids is 1. The predicted octanol–water partition coefficient (Wildman–Crippen LogP) is 8.95. The fourth-order valence-electron chi connectivity index (χ4n) is 4.39. The highest BCUT2D eigenvalue weighted by atomic mass is 19.4. The Morgan fingerprint density at radius 3 is 1.86 bits per heavy atom. The Morgan fingerprint density at radius 2 is 1.35 bits per heavy atom. The third-order valence-corrected chi connectivity index (χ3v) is 6.30. The highest BCUT2D eigenvalue weighted by molar-refractivity contribution is 5.92. The van der Waals surface area contributed by atoms with Crippen molar-refractivity contribution in [3.8, 4) is 16.9 Å². The predicted molar refractivity (Wildman–Crippen MR) is 120 cm³/mol. The van der Waals surface area contributed by atoms with E-state index >= 15 is 0 Å². The summed E-state index contributed by atoms with van der Waals surface area (Å²) in [7, 11) is 0. The van der Waals surface area contributed by atoms with Crippen molar-refractivity contribution in [2.45, 2.75) is 43.1 Å². The summed E-state index contributed by atoms with van der Waals surface area (Å²) in [5.41, 5.74) is -11.7. The standard InChI is InChI=1S/C26H13F14NO2/c27-17-8-18(28)19(41-21(42)10-23(29,30)31)7-16(17)11-1-2-20-12(3-11)9-22(43-20,26(38,39)40)13-4-14(24(32,33)34)6-15(5-13)25(35,36)37/h1-8H,9-10H2,(H,41,42). The molecule has 0 aromatic heterocycles. The van der Waals surface area contributed by atoms with Crippen LogP contribution in [-0.4, -0.2) is 18.3 Å². The first-order valence-electron chi connectivity index (χ1n) is 11.5. The van der Waals surface area contributed by atoms with Gasteiger partial charge in [-0.15, -0.1) is 0 Å². The van der Waals surface area contributed by atoms with Gasteiger partial charge < -0.3 is 10.1 Å². The highest BCUT2D eigenvalue weighted by Crippen LogP contribution is 2.53. The Labute approximate surface area is 231 Å². The van der Waals surface area contributed by atoms with Gasteiger partial charge in [0.25, 0.3) is 0 Å². The number of hydrogen-bond donors (Lipinski definition) is 1. The Bertz CT molecular complexity index is 1540. The molecule has 3 aromatic carbocycles. The topological polar surface area (TPSA) is 38.3 Å². The highest BCUT2D eigenvalue weighted by Gasteiger charge is 2.62. The molecule has 4 rings (SSSR count). The SMILES string of the molecule is O=C(CC(F)(F)F)Nc1cc(-c2ccc3c(c2)CC(c2cc(C(F)(F)F)cc(C(F)(F)F)c2)(C(F)(F)F)O3)c(F)cc1F. The molecular weight excluding hydrogens is 624 g/mol. The van der Waals surface area contributed by atoms with Crippen molar-refractivity contribution in [3.63, 3.8) is 0 Å². The zero-order chi connectivity index (χ0) is 32.3. The molecule has 1 unspecified atom stereocenters. The van der Waals surface area contributed by atoms with E-state index in [2.05, 4.69) is 0 Å². The second kappa shape index (κ2) is 10.3. The summed E-state index contributed by atoms with van der Waals surface area (Å²) in [5, 5.41) is 1.59. The van der Waals surface area contributed by atoms with E-state index < -0.39 is 99.9 Å². The maximum atomic E-state index is 14.6. The quantitative estimate of drug-likeness (QED) is 0.290. The van der Waals surface area contributed by atoms with Gasteiger partial charge in [0.1, 0.15) is 23.8 Å². The van der Waals surface area contributed by atoms with Crippen LogP contribution in [0.4, 0.5) is 67.2 Å². The summed E-state index contributed by atoms with van der Waals surface area (Å²) >= 11 is 0. The van der Waals surface area contributed by atoms with Crippen molar-refractivity contribution in [2.75, 3.05) is 5.32 Å². The molecule has 0 saturated heterocycles. The molecule has 43 heavy (non-hydrogen) atoms. The molecule has 0 saturated carbocycles. The van der Waals surface area contributed by atoms with Gasteiger partial charge in [0.15, 0.2) is 0 Å². The average molecular weight is 637 g/mol. The lowest BCUT2D eigenvalue weighted by atomic mass is 9.85. The maximum Gasteiger partial charge on any atom is 0.432 e. The third-order valence-electron chi connectivity index (χ3n) is 6.30. The monoisotopic (exact) mass is 637 g/mol. The number of halogens is 14. The zero-order valence-electron chi connectivity index (χ0n) is 20.6. The number of amides is 1. The lowest BCUT2D eigenvalue weighted by molar-refractivity contribution is -0.248. The third kappa shape index (κ3) is 6.49. The van der Waals surface area contributed by atoms with Crippen LogP contribution in [-0.2, 0) is 29.2 Å². The summed E-state index contributed by atoms with van der Waals surface area (Å²) in [4.78, 5) is 11.6. The van der Waals surface area contributed by atoms with Crippen LogP contribution >= 0.6 is 0 Å². The van der Waals surface area contributed by atoms with Gasteiger partial charge in [0.2, 0.25) is 11.5 Å². The Hall–Kier alpha value is -4.05. The van der Waals surface area contributed by atoms with Gasteiger partial charge in [-0.05, 0) is 47.5 Å². The first kappa shape index (κ1) is 31.9. The van der Waals surface area contributed by atoms with E-state index in [0.717, 1.165) is 18.2 Å². The molecule has 3 nitrogen and oxygen atoms in total. The molecule has 1 N–H and O–H groups in total. The van der Waals surface area contributed by atoms with E-state index in [9.17, 15) is 66.3 Å². The minimum Gasteiger partial charge on any atom is -0.472 e. The Balaban J connectivity index is 1.79. The van der Waals surface area contributed by atoms with Gasteiger partial charge in [-0.3, -0.25) is 4.79 Å². The molecule has 3 aromatic rings. The van der Waals surface area contributed by atoms with Crippen molar-refractivity contribution in [2.24, 2.45) is 0 Å². The normalized spacial score (nSPS) is 17.4. The molecule has 232 valence electrons. The van der Waals surface area contributed by atoms with Gasteiger partial charge >= 0.3 is 24.7 Å². The molecule has 0 bridgehead atoms. The Kier molecular flexibility index (Phi) is 7.63. The number of fused-ring (bicyclic) bond motifs is 1. The molecule has 1 aliphatic heterocycles. The molecular formula is C26H13F14NO2. The summed E-state index contributed by atoms with van der Waals surface area (Å²) in [6.07, 6.45) is -24.9. The van der Waals surface area contributed by atoms with E-state index in [1.165, 1.54) is 0 Å². The van der Waals surface area contributed by atoms with E-state index in [-0.39, 0.29) is 29.8 Å². The first-order valence-corrected chi connectivity index (χ1v) is 11.5. The summed E-state index contributed by atoms with van der Waals surface area (Å²) in [6.45, 7) is 0. The van der Waals surface area contributed by atoms with Crippen molar-refractivity contribution in [1.82, 2.24) is 0 Å². The maximum absolute atomic E-state index is 14.6. The smallest absolute Gasteiger partial charge is 0.432 e. The molecule has 1 atom stereocenters. The van der Waals surface area contributed by atoms with Gasteiger partial charge in [-0.25, -0.2) is 8.78 Å². The summed E-state index contributed by atoms with van der Waals surface area (Å²) < 4.78 is 195. The largest absolute Gasteiger partial charge is 0.472 e. The lowest BCUT2D eigenvalue weighted by Gasteiger charge is -2.32. The summed E-state index contributed by atoms with van der Waals surface area (Å²) in [5.74, 6) is -5.24. The van der Waals surface area contributed by atoms with Crippen LogP contribution in [0.1, 0.15) is 28.7 Å². The van der Waals surface area contributed by atoms with E-state index in [4.69, 9.17) is 4.74 Å². The van der Waals surface area contributed by atoms with E-state index in [0.29, 0.717) is 6.07 Å². The van der Waals surface area contributed by atoms with Crippen LogP contribution < -0.4 is 10.1 Å². The number of hydrogen-bond acceptors (Lipinski definition) is 2. The molecule has 0 fully saturated rings. The number of rotatable bonds is 4. The molecule has 0 aliphatic carbocycles. The number of carbonyl (C=O) groups is 1. The van der Waals surface area contributed by atoms with Crippen molar-refractivity contribution >= 4 is 11.6 Å². The molecule has 0 spiro atoms. The van der Waals surface area contributed by atoms with Gasteiger partial charge in [-0.1, -0.05) is 6.07 Å². The van der Waals surface area contributed by atoms with Crippen LogP contribution in [0.2, 0.25) is 0 Å². The van der Waals surface area contributed by atoms with Crippen LogP contribution in [0.25, 0.3) is 11.1 Å². The van der Waals surface area contributed by atoms with Gasteiger partial charge in [-0.2, -0.15) is 52.7 Å². The van der Waals surface area contributed by atoms with Crippen LogP contribution in [0.3, 0.4) is 0 Å². The molecule has 1 amide bonds. The van der Waals surface area contributed by atoms with Crippen molar-refractivity contribution in [3.05, 3.63) is 82.4 Å². The van der Waals surface area contributed by atoms with Crippen molar-refractivity contribution in [1.29, 1.82) is 0 Å². The Morgan fingerprint density at radius 1 is 0.767 bits per heavy atom. The molecule has 1 heterocycles. The molecule has 17 heteroatoms.